The number of halogens is 3. The van der Waals surface area contributed by atoms with Gasteiger partial charge in [0.1, 0.15) is 5.51 Å². The van der Waals surface area contributed by atoms with Gasteiger partial charge in [0.25, 0.3) is 0 Å². The van der Waals surface area contributed by atoms with E-state index in [4.69, 9.17) is 0 Å². The summed E-state index contributed by atoms with van der Waals surface area (Å²) in [6.07, 6.45) is -4.38. The fourth-order valence-electron chi connectivity index (χ4n) is 1.76. The summed E-state index contributed by atoms with van der Waals surface area (Å²) in [6, 6.07) is 4.56. The van der Waals surface area contributed by atoms with Crippen molar-refractivity contribution in [3.63, 3.8) is 0 Å². The van der Waals surface area contributed by atoms with Crippen LogP contribution < -0.4 is 4.90 Å². The fraction of sp³-hybridized carbons (Fsp3) is 0.308. The van der Waals surface area contributed by atoms with Crippen molar-refractivity contribution in [1.29, 1.82) is 0 Å². The van der Waals surface area contributed by atoms with Crippen LogP contribution in [0.5, 0.6) is 0 Å². The molecule has 118 valence electrons. The van der Waals surface area contributed by atoms with E-state index in [0.29, 0.717) is 16.6 Å². The van der Waals surface area contributed by atoms with Gasteiger partial charge in [0.2, 0.25) is 5.91 Å². The van der Waals surface area contributed by atoms with Gasteiger partial charge in [-0.05, 0) is 31.2 Å². The van der Waals surface area contributed by atoms with E-state index in [0.717, 1.165) is 12.1 Å². The molecule has 0 saturated heterocycles. The molecule has 2 rings (SSSR count). The Balaban J connectivity index is 2.05. The SMILES string of the molecule is CCN(C(=O)CSc1nncs1)c1ccc(C(F)(F)F)cc1. The molecule has 0 radical (unpaired) electrons. The fourth-order valence-corrected chi connectivity index (χ4v) is 3.12. The van der Waals surface area contributed by atoms with E-state index < -0.39 is 11.7 Å². The molecule has 22 heavy (non-hydrogen) atoms. The summed E-state index contributed by atoms with van der Waals surface area (Å²) < 4.78 is 38.3. The molecule has 0 aliphatic rings. The van der Waals surface area contributed by atoms with E-state index in [1.807, 2.05) is 0 Å². The molecule has 1 aromatic heterocycles. The molecule has 2 aromatic rings. The maximum absolute atomic E-state index is 12.5. The predicted octanol–water partition coefficient (Wildman–Crippen LogP) is 3.70. The van der Waals surface area contributed by atoms with Crippen LogP contribution in [0, 0.1) is 0 Å². The lowest BCUT2D eigenvalue weighted by atomic mass is 10.2. The number of carbonyl (C=O) groups is 1. The number of nitrogens with zero attached hydrogens (tertiary/aromatic N) is 3. The molecular formula is C13H12F3N3OS2. The largest absolute Gasteiger partial charge is 0.416 e. The first-order valence-electron chi connectivity index (χ1n) is 6.28. The smallest absolute Gasteiger partial charge is 0.312 e. The molecule has 0 aliphatic carbocycles. The third kappa shape index (κ3) is 4.20. The van der Waals surface area contributed by atoms with Crippen molar-refractivity contribution in [2.45, 2.75) is 17.4 Å². The summed E-state index contributed by atoms with van der Waals surface area (Å²) in [5.41, 5.74) is 1.28. The summed E-state index contributed by atoms with van der Waals surface area (Å²) in [5, 5.41) is 7.49. The zero-order chi connectivity index (χ0) is 16.2. The molecule has 0 spiro atoms. The van der Waals surface area contributed by atoms with Gasteiger partial charge in [0.05, 0.1) is 11.3 Å². The Bertz CT molecular complexity index is 614. The zero-order valence-electron chi connectivity index (χ0n) is 11.5. The van der Waals surface area contributed by atoms with Gasteiger partial charge in [0, 0.05) is 12.2 Å². The van der Waals surface area contributed by atoms with Gasteiger partial charge in [-0.1, -0.05) is 23.1 Å². The highest BCUT2D eigenvalue weighted by atomic mass is 32.2. The molecule has 0 bridgehead atoms. The highest BCUT2D eigenvalue weighted by Gasteiger charge is 2.30. The van der Waals surface area contributed by atoms with Crippen LogP contribution in [0.4, 0.5) is 18.9 Å². The van der Waals surface area contributed by atoms with Gasteiger partial charge in [-0.3, -0.25) is 4.79 Å². The van der Waals surface area contributed by atoms with Gasteiger partial charge in [-0.2, -0.15) is 13.2 Å². The topological polar surface area (TPSA) is 46.1 Å². The van der Waals surface area contributed by atoms with Crippen molar-refractivity contribution < 1.29 is 18.0 Å². The number of rotatable bonds is 5. The summed E-state index contributed by atoms with van der Waals surface area (Å²) in [7, 11) is 0. The predicted molar refractivity (Wildman–Crippen MR) is 80.1 cm³/mol. The van der Waals surface area contributed by atoms with Crippen LogP contribution in [-0.2, 0) is 11.0 Å². The van der Waals surface area contributed by atoms with Gasteiger partial charge in [0.15, 0.2) is 4.34 Å². The number of alkyl halides is 3. The highest BCUT2D eigenvalue weighted by Crippen LogP contribution is 2.30. The van der Waals surface area contributed by atoms with Crippen LogP contribution in [0.3, 0.4) is 0 Å². The summed E-state index contributed by atoms with van der Waals surface area (Å²) in [6.45, 7) is 2.14. The molecule has 4 nitrogen and oxygen atoms in total. The van der Waals surface area contributed by atoms with Crippen LogP contribution in [0.2, 0.25) is 0 Å². The summed E-state index contributed by atoms with van der Waals surface area (Å²) >= 11 is 2.58. The molecule has 0 N–H and O–H groups in total. The number of benzene rings is 1. The van der Waals surface area contributed by atoms with Crippen molar-refractivity contribution in [2.75, 3.05) is 17.2 Å². The van der Waals surface area contributed by atoms with Crippen LogP contribution in [0.1, 0.15) is 12.5 Å². The zero-order valence-corrected chi connectivity index (χ0v) is 13.1. The number of hydrogen-bond donors (Lipinski definition) is 0. The Kier molecular flexibility index (Phi) is 5.41. The highest BCUT2D eigenvalue weighted by molar-refractivity contribution is 8.01. The molecular weight excluding hydrogens is 335 g/mol. The van der Waals surface area contributed by atoms with E-state index >= 15 is 0 Å². The number of hydrogen-bond acceptors (Lipinski definition) is 5. The third-order valence-corrected chi connectivity index (χ3v) is 4.63. The number of carbonyl (C=O) groups excluding carboxylic acids is 1. The Hall–Kier alpha value is -1.61. The Morgan fingerprint density at radius 1 is 1.32 bits per heavy atom. The van der Waals surface area contributed by atoms with E-state index in [-0.39, 0.29) is 11.7 Å². The number of amides is 1. The molecule has 9 heteroatoms. The summed E-state index contributed by atoms with van der Waals surface area (Å²) in [4.78, 5) is 13.6. The Morgan fingerprint density at radius 3 is 2.50 bits per heavy atom. The average molecular weight is 347 g/mol. The minimum absolute atomic E-state index is 0.157. The van der Waals surface area contributed by atoms with E-state index in [1.165, 1.54) is 40.1 Å². The normalized spacial score (nSPS) is 11.5. The van der Waals surface area contributed by atoms with Crippen molar-refractivity contribution >= 4 is 34.7 Å². The van der Waals surface area contributed by atoms with E-state index in [2.05, 4.69) is 10.2 Å². The second kappa shape index (κ2) is 7.10. The van der Waals surface area contributed by atoms with Crippen LogP contribution >= 0.6 is 23.1 Å². The van der Waals surface area contributed by atoms with Gasteiger partial charge in [-0.15, -0.1) is 10.2 Å². The monoisotopic (exact) mass is 347 g/mol. The lowest BCUT2D eigenvalue weighted by Crippen LogP contribution is -2.32. The molecule has 0 saturated carbocycles. The maximum atomic E-state index is 12.5. The van der Waals surface area contributed by atoms with Gasteiger partial charge < -0.3 is 4.90 Å². The lowest BCUT2D eigenvalue weighted by molar-refractivity contribution is -0.137. The lowest BCUT2D eigenvalue weighted by Gasteiger charge is -2.21. The molecule has 1 aromatic carbocycles. The molecule has 1 amide bonds. The molecule has 0 aliphatic heterocycles. The third-order valence-electron chi connectivity index (χ3n) is 2.78. The molecule has 0 unspecified atom stereocenters. The van der Waals surface area contributed by atoms with Crippen LogP contribution in [-0.4, -0.2) is 28.4 Å². The van der Waals surface area contributed by atoms with Gasteiger partial charge in [-0.25, -0.2) is 0 Å². The van der Waals surface area contributed by atoms with Gasteiger partial charge >= 0.3 is 6.18 Å². The standard InChI is InChI=1S/C13H12F3N3OS2/c1-2-19(11(20)7-21-12-18-17-8-22-12)10-5-3-9(4-6-10)13(14,15)16/h3-6,8H,2,7H2,1H3. The van der Waals surface area contributed by atoms with E-state index in [9.17, 15) is 18.0 Å². The average Bonchev–Trinajstić information content (AvgIpc) is 2.99. The first kappa shape index (κ1) is 16.8. The second-order valence-electron chi connectivity index (χ2n) is 4.18. The number of aromatic nitrogens is 2. The Morgan fingerprint density at radius 2 is 2.00 bits per heavy atom. The first-order chi connectivity index (χ1) is 10.4. The number of anilines is 1. The van der Waals surface area contributed by atoms with E-state index in [1.54, 1.807) is 12.4 Å². The van der Waals surface area contributed by atoms with Crippen LogP contribution in [0.25, 0.3) is 0 Å². The molecule has 0 atom stereocenters. The van der Waals surface area contributed by atoms with Crippen molar-refractivity contribution in [3.8, 4) is 0 Å². The quantitative estimate of drug-likeness (QED) is 0.774. The van der Waals surface area contributed by atoms with Crippen molar-refractivity contribution in [2.24, 2.45) is 0 Å². The number of thioether (sulfide) groups is 1. The Labute approximate surface area is 133 Å². The molecule has 1 heterocycles. The minimum atomic E-state index is -4.38. The van der Waals surface area contributed by atoms with Crippen molar-refractivity contribution in [3.05, 3.63) is 35.3 Å². The first-order valence-corrected chi connectivity index (χ1v) is 8.15. The molecule has 0 fully saturated rings. The second-order valence-corrected chi connectivity index (χ2v) is 6.23. The van der Waals surface area contributed by atoms with Crippen molar-refractivity contribution in [1.82, 2.24) is 10.2 Å². The minimum Gasteiger partial charge on any atom is -0.312 e. The van der Waals surface area contributed by atoms with Crippen LogP contribution in [0.15, 0.2) is 34.1 Å². The maximum Gasteiger partial charge on any atom is 0.416 e. The summed E-state index contributed by atoms with van der Waals surface area (Å²) in [5.74, 6) is -0.0354.